The molecule has 6 heterocycles. The zero-order valence-corrected chi connectivity index (χ0v) is 38.5. The number of fused-ring (bicyclic) bond motifs is 18. The molecule has 15 rings (SSSR count). The van der Waals surface area contributed by atoms with Crippen molar-refractivity contribution in [3.63, 3.8) is 0 Å². The summed E-state index contributed by atoms with van der Waals surface area (Å²) in [5, 5.41) is 16.3. The van der Waals surface area contributed by atoms with Gasteiger partial charge in [0, 0.05) is 59.7 Å². The maximum Gasteiger partial charge on any atom is 0.146 e. The second kappa shape index (κ2) is 12.5. The molecule has 15 aromatic rings. The lowest BCUT2D eigenvalue weighted by Gasteiger charge is -2.19. The molecule has 0 saturated heterocycles. The second-order valence-electron chi connectivity index (χ2n) is 21.2. The van der Waals surface area contributed by atoms with Gasteiger partial charge in [0.2, 0.25) is 0 Å². The van der Waals surface area contributed by atoms with Gasteiger partial charge in [0.25, 0.3) is 0 Å². The first-order valence-corrected chi connectivity index (χ1v) is 23.7. The van der Waals surface area contributed by atoms with Gasteiger partial charge in [-0.15, -0.1) is 0 Å². The van der Waals surface area contributed by atoms with Gasteiger partial charge >= 0.3 is 0 Å². The van der Waals surface area contributed by atoms with Gasteiger partial charge in [-0.3, -0.25) is 4.40 Å². The molecule has 67 heavy (non-hydrogen) atoms. The van der Waals surface area contributed by atoms with Crippen molar-refractivity contribution in [1.29, 1.82) is 0 Å². The molecule has 318 valence electrons. The number of hydrogen-bond acceptors (Lipinski definition) is 1. The molecule has 9 aromatic carbocycles. The fraction of sp³-hybridized carbons (Fsp3) is 0.127. The third-order valence-electron chi connectivity index (χ3n) is 15.3. The van der Waals surface area contributed by atoms with E-state index in [9.17, 15) is 0 Å². The van der Waals surface area contributed by atoms with Gasteiger partial charge in [0.15, 0.2) is 0 Å². The lowest BCUT2D eigenvalue weighted by Crippen LogP contribution is -2.10. The Hall–Kier alpha value is -7.95. The number of hydrogen-bond donors (Lipinski definition) is 0. The number of rotatable bonds is 2. The van der Waals surface area contributed by atoms with E-state index in [2.05, 4.69) is 225 Å². The van der Waals surface area contributed by atoms with E-state index in [0.29, 0.717) is 0 Å². The minimum atomic E-state index is -0.0758. The van der Waals surface area contributed by atoms with Crippen molar-refractivity contribution in [3.05, 3.63) is 181 Å². The fourth-order valence-electron chi connectivity index (χ4n) is 12.1. The smallest absolute Gasteiger partial charge is 0.146 e. The van der Waals surface area contributed by atoms with Crippen LogP contribution in [0.5, 0.6) is 0 Å². The van der Waals surface area contributed by atoms with E-state index in [-0.39, 0.29) is 10.8 Å². The van der Waals surface area contributed by atoms with Crippen LogP contribution < -0.4 is 0 Å². The van der Waals surface area contributed by atoms with Crippen molar-refractivity contribution in [2.45, 2.75) is 52.4 Å². The summed E-state index contributed by atoms with van der Waals surface area (Å²) in [7, 11) is 0. The molecule has 0 saturated carbocycles. The summed E-state index contributed by atoms with van der Waals surface area (Å²) in [5.41, 5.74) is 16.8. The molecule has 0 radical (unpaired) electrons. The molecular formula is C63H46N4. The molecule has 0 aliphatic rings. The maximum absolute atomic E-state index is 5.95. The molecule has 0 fully saturated rings. The highest BCUT2D eigenvalue weighted by Crippen LogP contribution is 2.50. The van der Waals surface area contributed by atoms with E-state index < -0.39 is 0 Å². The highest BCUT2D eigenvalue weighted by Gasteiger charge is 2.29. The first-order valence-electron chi connectivity index (χ1n) is 23.7. The molecule has 0 unspecified atom stereocenters. The Labute approximate surface area is 386 Å². The average molecular weight is 859 g/mol. The molecule has 0 spiro atoms. The monoisotopic (exact) mass is 858 g/mol. The van der Waals surface area contributed by atoms with Crippen LogP contribution in [0.1, 0.15) is 52.7 Å². The molecule has 0 N–H and O–H groups in total. The molecule has 0 aliphatic carbocycles. The Morgan fingerprint density at radius 1 is 0.373 bits per heavy atom. The van der Waals surface area contributed by atoms with Gasteiger partial charge in [-0.2, -0.15) is 0 Å². The zero-order valence-electron chi connectivity index (χ0n) is 38.5. The van der Waals surface area contributed by atoms with Crippen molar-refractivity contribution in [1.82, 2.24) is 18.4 Å². The third kappa shape index (κ3) is 4.79. The molecule has 0 aliphatic heterocycles. The van der Waals surface area contributed by atoms with Crippen LogP contribution in [0.2, 0.25) is 0 Å². The number of aromatic nitrogens is 4. The van der Waals surface area contributed by atoms with Crippen LogP contribution in [0, 0.1) is 0 Å². The van der Waals surface area contributed by atoms with Crippen molar-refractivity contribution in [2.75, 3.05) is 0 Å². The molecule has 4 nitrogen and oxygen atoms in total. The summed E-state index contributed by atoms with van der Waals surface area (Å²) >= 11 is 0. The van der Waals surface area contributed by atoms with E-state index in [4.69, 9.17) is 4.98 Å². The minimum Gasteiger partial charge on any atom is -0.309 e. The largest absolute Gasteiger partial charge is 0.309 e. The topological polar surface area (TPSA) is 26.6 Å². The minimum absolute atomic E-state index is 0.0249. The number of para-hydroxylation sites is 2. The van der Waals surface area contributed by atoms with Crippen LogP contribution in [-0.4, -0.2) is 18.4 Å². The number of nitrogens with zero attached hydrogens (tertiary/aromatic N) is 4. The summed E-state index contributed by atoms with van der Waals surface area (Å²) in [4.78, 5) is 5.95. The van der Waals surface area contributed by atoms with Crippen LogP contribution >= 0.6 is 0 Å². The second-order valence-corrected chi connectivity index (χ2v) is 21.2. The van der Waals surface area contributed by atoms with Crippen molar-refractivity contribution in [3.8, 4) is 16.8 Å². The van der Waals surface area contributed by atoms with Crippen molar-refractivity contribution >= 4 is 120 Å². The van der Waals surface area contributed by atoms with Crippen LogP contribution in [0.15, 0.2) is 170 Å². The van der Waals surface area contributed by atoms with E-state index in [1.54, 1.807) is 0 Å². The number of benzene rings is 9. The molecule has 6 aromatic heterocycles. The Morgan fingerprint density at radius 3 is 1.76 bits per heavy atom. The van der Waals surface area contributed by atoms with Gasteiger partial charge in [0.1, 0.15) is 5.65 Å². The Balaban J connectivity index is 1.13. The van der Waals surface area contributed by atoms with Crippen LogP contribution in [0.4, 0.5) is 0 Å². The quantitative estimate of drug-likeness (QED) is 0.170. The fourth-order valence-corrected chi connectivity index (χ4v) is 12.1. The normalized spacial score (nSPS) is 13.2. The Bertz CT molecular complexity index is 4620. The highest BCUT2D eigenvalue weighted by atomic mass is 15.0. The van der Waals surface area contributed by atoms with Gasteiger partial charge < -0.3 is 8.97 Å². The van der Waals surface area contributed by atoms with Gasteiger partial charge in [-0.05, 0) is 122 Å². The zero-order chi connectivity index (χ0) is 44.8. The molecule has 4 heteroatoms. The van der Waals surface area contributed by atoms with Gasteiger partial charge in [-0.1, -0.05) is 139 Å². The SMILES string of the molecule is CC(C)(C)c1ccc2c(c1)c1c3ccccc3cc3c4nc5c(cc4n2c31)c1cc(C(C)(C)C)cc2c3cc4ccccc4c(-c4ccc6c(c4)c4ccccc4n6-c4ccccc4)c3n5c12. The molecule has 0 atom stereocenters. The highest BCUT2D eigenvalue weighted by molar-refractivity contribution is 6.33. The van der Waals surface area contributed by atoms with Crippen molar-refractivity contribution < 1.29 is 0 Å². The maximum atomic E-state index is 5.95. The van der Waals surface area contributed by atoms with E-state index in [1.807, 2.05) is 0 Å². The summed E-state index contributed by atoms with van der Waals surface area (Å²) in [6.45, 7) is 14.0. The van der Waals surface area contributed by atoms with E-state index in [1.165, 1.54) is 125 Å². The molecule has 0 amide bonds. The predicted octanol–water partition coefficient (Wildman–Crippen LogP) is 17.0. The summed E-state index contributed by atoms with van der Waals surface area (Å²) in [6.07, 6.45) is 0. The first-order chi connectivity index (χ1) is 32.5. The summed E-state index contributed by atoms with van der Waals surface area (Å²) in [6, 6.07) is 64.1. The Morgan fingerprint density at radius 2 is 0.985 bits per heavy atom. The summed E-state index contributed by atoms with van der Waals surface area (Å²) in [5.74, 6) is 0. The van der Waals surface area contributed by atoms with Crippen LogP contribution in [0.3, 0.4) is 0 Å². The first kappa shape index (κ1) is 37.3. The predicted molar refractivity (Wildman–Crippen MR) is 286 cm³/mol. The number of pyridine rings is 1. The lowest BCUT2D eigenvalue weighted by molar-refractivity contribution is 0.591. The average Bonchev–Trinajstić information content (AvgIpc) is 4.12. The third-order valence-corrected chi connectivity index (χ3v) is 15.3. The standard InChI is InChI=1S/C63H46N4/c1-62(2,3)38-25-27-53-49(31-38)56-42-21-13-11-17-36(42)29-50-57-54(66(53)60(50)56)34-48-47-33-39(63(4,5)6)32-46-45-28-35-16-10-12-20-41(35)55(59(45)67(58(46)47)61(48)64-57)37-24-26-52-44(30-37)43-22-14-15-23-51(43)65(52)40-18-8-7-9-19-40/h7-34H,1-6H3. The van der Waals surface area contributed by atoms with Crippen molar-refractivity contribution in [2.24, 2.45) is 0 Å². The van der Waals surface area contributed by atoms with Gasteiger partial charge in [-0.25, -0.2) is 4.98 Å². The molecular weight excluding hydrogens is 813 g/mol. The molecule has 0 bridgehead atoms. The van der Waals surface area contributed by atoms with Crippen LogP contribution in [-0.2, 0) is 10.8 Å². The van der Waals surface area contributed by atoms with Crippen LogP contribution in [0.25, 0.3) is 137 Å². The van der Waals surface area contributed by atoms with E-state index in [0.717, 1.165) is 22.4 Å². The lowest BCUT2D eigenvalue weighted by atomic mass is 9.85. The summed E-state index contributed by atoms with van der Waals surface area (Å²) < 4.78 is 7.48. The van der Waals surface area contributed by atoms with E-state index >= 15 is 0 Å². The van der Waals surface area contributed by atoms with Gasteiger partial charge in [0.05, 0.1) is 44.1 Å². The Kier molecular flexibility index (Phi) is 6.94.